The molecule has 29 heavy (non-hydrogen) atoms. The maximum absolute atomic E-state index is 12.2. The average molecular weight is 413 g/mol. The van der Waals surface area contributed by atoms with Crippen molar-refractivity contribution in [3.63, 3.8) is 0 Å². The van der Waals surface area contributed by atoms with Crippen LogP contribution < -0.4 is 10.1 Å². The van der Waals surface area contributed by atoms with Crippen LogP contribution >= 0.6 is 11.3 Å². The topological polar surface area (TPSA) is 86.5 Å². The number of nitrogens with zero attached hydrogens (tertiary/aromatic N) is 2. The first-order valence-electron chi connectivity index (χ1n) is 9.77. The quantitative estimate of drug-likeness (QED) is 0.562. The highest BCUT2D eigenvalue weighted by Gasteiger charge is 2.16. The normalized spacial score (nSPS) is 16.1. The molecule has 1 fully saturated rings. The van der Waals surface area contributed by atoms with Gasteiger partial charge in [-0.25, -0.2) is 0 Å². The Bertz CT molecular complexity index is 920. The van der Waals surface area contributed by atoms with E-state index in [-0.39, 0.29) is 12.0 Å². The standard InChI is InChI=1S/C21H23N3O4S/c25-19(9-2-10-20-23-21(24-28-20)18-8-4-12-29-18)22-15-5-1-6-16(13-15)27-14-17-7-3-11-26-17/h1,4-6,8,12-13,17H,2-3,7,9-11,14H2,(H,22,25). The van der Waals surface area contributed by atoms with Gasteiger partial charge in [0, 0.05) is 31.2 Å². The Kier molecular flexibility index (Phi) is 6.53. The lowest BCUT2D eigenvalue weighted by atomic mass is 10.2. The van der Waals surface area contributed by atoms with Crippen LogP contribution in [0.1, 0.15) is 31.6 Å². The Balaban J connectivity index is 1.21. The third kappa shape index (κ3) is 5.65. The van der Waals surface area contributed by atoms with E-state index in [0.717, 1.165) is 35.8 Å². The Morgan fingerprint density at radius 2 is 2.28 bits per heavy atom. The molecule has 3 heterocycles. The summed E-state index contributed by atoms with van der Waals surface area (Å²) in [6.07, 6.45) is 3.86. The van der Waals surface area contributed by atoms with E-state index in [0.29, 0.717) is 37.6 Å². The molecule has 7 nitrogen and oxygen atoms in total. The summed E-state index contributed by atoms with van der Waals surface area (Å²) in [6, 6.07) is 11.3. The van der Waals surface area contributed by atoms with E-state index in [4.69, 9.17) is 14.0 Å². The minimum atomic E-state index is -0.0562. The van der Waals surface area contributed by atoms with Crippen LogP contribution in [0.15, 0.2) is 46.3 Å². The highest BCUT2D eigenvalue weighted by Crippen LogP contribution is 2.22. The Hall–Kier alpha value is -2.71. The SMILES string of the molecule is O=C(CCCc1nc(-c2cccs2)no1)Nc1cccc(OCC2CCCO2)c1. The molecule has 1 aliphatic rings. The average Bonchev–Trinajstić information content (AvgIpc) is 3.48. The van der Waals surface area contributed by atoms with Crippen molar-refractivity contribution in [2.45, 2.75) is 38.2 Å². The highest BCUT2D eigenvalue weighted by molar-refractivity contribution is 7.13. The predicted octanol–water partition coefficient (Wildman–Crippen LogP) is 4.32. The summed E-state index contributed by atoms with van der Waals surface area (Å²) >= 11 is 1.56. The molecule has 1 unspecified atom stereocenters. The number of anilines is 1. The van der Waals surface area contributed by atoms with Gasteiger partial charge in [-0.1, -0.05) is 17.3 Å². The molecule has 1 amide bonds. The van der Waals surface area contributed by atoms with Crippen molar-refractivity contribution in [3.05, 3.63) is 47.7 Å². The number of hydrogen-bond acceptors (Lipinski definition) is 7. The number of aryl methyl sites for hydroxylation is 1. The van der Waals surface area contributed by atoms with E-state index in [9.17, 15) is 4.79 Å². The Morgan fingerprint density at radius 1 is 1.31 bits per heavy atom. The van der Waals surface area contributed by atoms with Crippen LogP contribution in [0.25, 0.3) is 10.7 Å². The summed E-state index contributed by atoms with van der Waals surface area (Å²) in [5.41, 5.74) is 0.720. The molecular weight excluding hydrogens is 390 g/mol. The number of benzene rings is 1. The zero-order valence-corrected chi connectivity index (χ0v) is 16.8. The molecule has 1 saturated heterocycles. The zero-order chi connectivity index (χ0) is 19.9. The van der Waals surface area contributed by atoms with Crippen molar-refractivity contribution in [2.75, 3.05) is 18.5 Å². The fraction of sp³-hybridized carbons (Fsp3) is 0.381. The van der Waals surface area contributed by atoms with Gasteiger partial charge in [-0.3, -0.25) is 4.79 Å². The second-order valence-electron chi connectivity index (χ2n) is 6.86. The third-order valence-electron chi connectivity index (χ3n) is 4.58. The van der Waals surface area contributed by atoms with Gasteiger partial charge in [-0.2, -0.15) is 4.98 Å². The maximum atomic E-state index is 12.2. The fourth-order valence-electron chi connectivity index (χ4n) is 3.11. The van der Waals surface area contributed by atoms with Crippen molar-refractivity contribution in [1.82, 2.24) is 10.1 Å². The van der Waals surface area contributed by atoms with Gasteiger partial charge in [0.25, 0.3) is 0 Å². The van der Waals surface area contributed by atoms with E-state index in [1.165, 1.54) is 0 Å². The molecule has 0 saturated carbocycles. The number of nitrogens with one attached hydrogen (secondary N) is 1. The molecule has 152 valence electrons. The van der Waals surface area contributed by atoms with Gasteiger partial charge in [-0.05, 0) is 42.8 Å². The van der Waals surface area contributed by atoms with Gasteiger partial charge in [0.15, 0.2) is 0 Å². The number of thiophene rings is 1. The zero-order valence-electron chi connectivity index (χ0n) is 16.0. The number of ether oxygens (including phenoxy) is 2. The Labute approximate surface area is 173 Å². The highest BCUT2D eigenvalue weighted by atomic mass is 32.1. The van der Waals surface area contributed by atoms with Crippen molar-refractivity contribution in [2.24, 2.45) is 0 Å². The Morgan fingerprint density at radius 3 is 3.10 bits per heavy atom. The van der Waals surface area contributed by atoms with Crippen LogP contribution in [0.4, 0.5) is 5.69 Å². The summed E-state index contributed by atoms with van der Waals surface area (Å²) in [7, 11) is 0. The predicted molar refractivity (Wildman–Crippen MR) is 110 cm³/mol. The molecule has 1 aliphatic heterocycles. The minimum Gasteiger partial charge on any atom is -0.491 e. The van der Waals surface area contributed by atoms with Gasteiger partial charge in [0.1, 0.15) is 12.4 Å². The third-order valence-corrected chi connectivity index (χ3v) is 5.45. The smallest absolute Gasteiger partial charge is 0.226 e. The number of hydrogen-bond donors (Lipinski definition) is 1. The van der Waals surface area contributed by atoms with E-state index in [1.807, 2.05) is 41.8 Å². The first-order valence-corrected chi connectivity index (χ1v) is 10.6. The number of carbonyl (C=O) groups excluding carboxylic acids is 1. The first-order chi connectivity index (χ1) is 14.3. The van der Waals surface area contributed by atoms with Crippen molar-refractivity contribution in [1.29, 1.82) is 0 Å². The van der Waals surface area contributed by atoms with Crippen LogP contribution in [0, 0.1) is 0 Å². The molecular formula is C21H23N3O4S. The molecule has 4 rings (SSSR count). The van der Waals surface area contributed by atoms with Crippen LogP contribution in [0.5, 0.6) is 5.75 Å². The van der Waals surface area contributed by atoms with Crippen molar-refractivity contribution >= 4 is 22.9 Å². The molecule has 0 radical (unpaired) electrons. The van der Waals surface area contributed by atoms with Gasteiger partial charge < -0.3 is 19.3 Å². The largest absolute Gasteiger partial charge is 0.491 e. The second kappa shape index (κ2) is 9.67. The van der Waals surface area contributed by atoms with E-state index >= 15 is 0 Å². The van der Waals surface area contributed by atoms with Gasteiger partial charge in [0.2, 0.25) is 17.6 Å². The van der Waals surface area contributed by atoms with Crippen LogP contribution in [0.3, 0.4) is 0 Å². The van der Waals surface area contributed by atoms with E-state index < -0.39 is 0 Å². The minimum absolute atomic E-state index is 0.0562. The monoisotopic (exact) mass is 413 g/mol. The van der Waals surface area contributed by atoms with Gasteiger partial charge >= 0.3 is 0 Å². The summed E-state index contributed by atoms with van der Waals surface area (Å²) in [4.78, 5) is 17.6. The molecule has 1 aromatic carbocycles. The summed E-state index contributed by atoms with van der Waals surface area (Å²) in [6.45, 7) is 1.35. The first kappa shape index (κ1) is 19.6. The molecule has 1 N–H and O–H groups in total. The summed E-state index contributed by atoms with van der Waals surface area (Å²) < 4.78 is 16.6. The van der Waals surface area contributed by atoms with E-state index in [2.05, 4.69) is 15.5 Å². The lowest BCUT2D eigenvalue weighted by molar-refractivity contribution is -0.116. The number of rotatable bonds is 9. The lowest BCUT2D eigenvalue weighted by Crippen LogP contribution is -2.16. The van der Waals surface area contributed by atoms with Crippen molar-refractivity contribution in [3.8, 4) is 16.5 Å². The second-order valence-corrected chi connectivity index (χ2v) is 7.81. The van der Waals surface area contributed by atoms with Gasteiger partial charge in [0.05, 0.1) is 11.0 Å². The molecule has 1 atom stereocenters. The fourth-order valence-corrected chi connectivity index (χ4v) is 3.76. The van der Waals surface area contributed by atoms with Crippen LogP contribution in [0.2, 0.25) is 0 Å². The van der Waals surface area contributed by atoms with Gasteiger partial charge in [-0.15, -0.1) is 11.3 Å². The van der Waals surface area contributed by atoms with Crippen LogP contribution in [-0.2, 0) is 16.0 Å². The molecule has 0 bridgehead atoms. The number of aromatic nitrogens is 2. The van der Waals surface area contributed by atoms with Crippen molar-refractivity contribution < 1.29 is 18.8 Å². The van der Waals surface area contributed by atoms with E-state index in [1.54, 1.807) is 11.3 Å². The molecule has 8 heteroatoms. The summed E-state index contributed by atoms with van der Waals surface area (Å²) in [5.74, 6) is 1.81. The number of carbonyl (C=O) groups is 1. The molecule has 0 spiro atoms. The van der Waals surface area contributed by atoms with Crippen LogP contribution in [-0.4, -0.2) is 35.4 Å². The lowest BCUT2D eigenvalue weighted by Gasteiger charge is -2.12. The molecule has 2 aromatic heterocycles. The molecule has 0 aliphatic carbocycles. The summed E-state index contributed by atoms with van der Waals surface area (Å²) in [5, 5.41) is 8.86. The molecule has 3 aromatic rings. The maximum Gasteiger partial charge on any atom is 0.226 e. The number of amides is 1.